The molecular weight excluding hydrogens is 275 g/mol. The van der Waals surface area contributed by atoms with E-state index < -0.39 is 6.98 Å². The summed E-state index contributed by atoms with van der Waals surface area (Å²) < 4.78 is 28.9. The van der Waals surface area contributed by atoms with Crippen LogP contribution in [0.3, 0.4) is 0 Å². The van der Waals surface area contributed by atoms with E-state index in [-0.39, 0.29) is 13.1 Å². The van der Waals surface area contributed by atoms with Crippen molar-refractivity contribution in [3.63, 3.8) is 0 Å². The fourth-order valence-corrected chi connectivity index (χ4v) is 3.05. The van der Waals surface area contributed by atoms with Gasteiger partial charge in [-0.25, -0.2) is 4.98 Å². The predicted molar refractivity (Wildman–Crippen MR) is 88.6 cm³/mol. The first kappa shape index (κ1) is 10.4. The van der Waals surface area contributed by atoms with Crippen LogP contribution in [-0.4, -0.2) is 46.7 Å². The summed E-state index contributed by atoms with van der Waals surface area (Å²) in [4.78, 5) is 9.88. The Morgan fingerprint density at radius 1 is 1.36 bits per heavy atom. The van der Waals surface area contributed by atoms with Crippen LogP contribution >= 0.6 is 0 Å². The predicted octanol–water partition coefficient (Wildman–Crippen LogP) is 0.692. The van der Waals surface area contributed by atoms with Crippen LogP contribution < -0.4 is 10.6 Å². The van der Waals surface area contributed by atoms with E-state index in [1.807, 2.05) is 55.0 Å². The molecule has 0 aliphatic carbocycles. The van der Waals surface area contributed by atoms with Gasteiger partial charge in [-0.05, 0) is 33.0 Å². The van der Waals surface area contributed by atoms with Crippen molar-refractivity contribution in [2.75, 3.05) is 14.0 Å². The smallest absolute Gasteiger partial charge is 0.405 e. The number of aromatic nitrogens is 1. The van der Waals surface area contributed by atoms with E-state index in [9.17, 15) is 0 Å². The van der Waals surface area contributed by atoms with Gasteiger partial charge < -0.3 is 18.9 Å². The highest BCUT2D eigenvalue weighted by molar-refractivity contribution is 6.69. The van der Waals surface area contributed by atoms with Crippen molar-refractivity contribution in [3.05, 3.63) is 40.9 Å². The van der Waals surface area contributed by atoms with Crippen LogP contribution in [0.2, 0.25) is 0 Å². The van der Waals surface area contributed by atoms with Crippen LogP contribution in [0.1, 0.15) is 16.7 Å². The minimum absolute atomic E-state index is 0.104. The Labute approximate surface area is 134 Å². The number of hydrogen-bond donors (Lipinski definition) is 0. The zero-order valence-electron chi connectivity index (χ0n) is 15.8. The summed E-state index contributed by atoms with van der Waals surface area (Å²) in [6.07, 6.45) is 5.13. The van der Waals surface area contributed by atoms with Gasteiger partial charge in [0.1, 0.15) is 0 Å². The lowest BCUT2D eigenvalue weighted by Crippen LogP contribution is -2.53. The summed E-state index contributed by atoms with van der Waals surface area (Å²) in [6, 6.07) is 3.98. The molecule has 112 valence electrons. The van der Waals surface area contributed by atoms with Crippen LogP contribution in [0, 0.1) is 6.92 Å². The Bertz CT molecular complexity index is 984. The first-order valence-electron chi connectivity index (χ1n) is 8.82. The van der Waals surface area contributed by atoms with E-state index in [1.54, 1.807) is 6.20 Å². The maximum absolute atomic E-state index is 7.66. The van der Waals surface area contributed by atoms with Gasteiger partial charge in [-0.15, -0.1) is 0 Å². The average Bonchev–Trinajstić information content (AvgIpc) is 3.05. The lowest BCUT2D eigenvalue weighted by molar-refractivity contribution is 0.266. The first-order valence-corrected chi connectivity index (χ1v) is 7.32. The van der Waals surface area contributed by atoms with Crippen molar-refractivity contribution in [2.24, 2.45) is 0 Å². The quantitative estimate of drug-likeness (QED) is 0.724. The zero-order chi connectivity index (χ0) is 17.9. The van der Waals surface area contributed by atoms with Gasteiger partial charge in [-0.2, -0.15) is 0 Å². The van der Waals surface area contributed by atoms with Gasteiger partial charge in [-0.3, -0.25) is 0 Å². The largest absolute Gasteiger partial charge is 0.436 e. The molecule has 0 amide bonds. The zero-order valence-corrected chi connectivity index (χ0v) is 12.8. The summed E-state index contributed by atoms with van der Waals surface area (Å²) in [5.74, 6) is 2.10. The molecule has 22 heavy (non-hydrogen) atoms. The third-order valence-electron chi connectivity index (χ3n) is 4.35. The van der Waals surface area contributed by atoms with Crippen molar-refractivity contribution >= 4 is 30.3 Å². The molecule has 4 rings (SSSR count). The average molecular weight is 297 g/mol. The van der Waals surface area contributed by atoms with Gasteiger partial charge in [-0.1, -0.05) is 5.98 Å². The molecular formula is C16H19BN4O. The van der Waals surface area contributed by atoms with Gasteiger partial charge in [0.2, 0.25) is 5.71 Å². The molecule has 0 aromatic carbocycles. The van der Waals surface area contributed by atoms with Gasteiger partial charge in [0.15, 0.2) is 5.42 Å². The molecule has 0 saturated carbocycles. The molecule has 2 aliphatic heterocycles. The van der Waals surface area contributed by atoms with Gasteiger partial charge >= 0.3 is 6.98 Å². The Kier molecular flexibility index (Phi) is 2.15. The van der Waals surface area contributed by atoms with Gasteiger partial charge in [0.25, 0.3) is 0 Å². The fraction of sp³-hybridized carbons (Fsp3) is 0.312. The third kappa shape index (κ3) is 1.83. The van der Waals surface area contributed by atoms with Crippen molar-refractivity contribution in [1.82, 2.24) is 19.5 Å². The second-order valence-corrected chi connectivity index (χ2v) is 5.84. The third-order valence-corrected chi connectivity index (χ3v) is 4.35. The second-order valence-electron chi connectivity index (χ2n) is 5.84. The summed E-state index contributed by atoms with van der Waals surface area (Å²) in [5.41, 5.74) is 2.31. The second kappa shape index (κ2) is 4.56. The number of furan rings is 1. The minimum atomic E-state index is -2.16. The Hall–Kier alpha value is -2.37. The van der Waals surface area contributed by atoms with Gasteiger partial charge in [0.05, 0.1) is 6.17 Å². The molecule has 0 fully saturated rings. The van der Waals surface area contributed by atoms with Crippen LogP contribution in [0.4, 0.5) is 0 Å². The molecule has 1 atom stereocenters. The molecule has 5 nitrogen and oxygen atoms in total. The molecule has 0 radical (unpaired) electrons. The molecule has 0 spiro atoms. The highest BCUT2D eigenvalue weighted by Gasteiger charge is 2.33. The monoisotopic (exact) mass is 297 g/mol. The van der Waals surface area contributed by atoms with Crippen LogP contribution in [0.5, 0.6) is 0 Å². The van der Waals surface area contributed by atoms with E-state index in [0.717, 1.165) is 21.7 Å². The van der Waals surface area contributed by atoms with Crippen LogP contribution in [0.25, 0.3) is 23.3 Å². The van der Waals surface area contributed by atoms with Crippen LogP contribution in [-0.2, 0) is 0 Å². The maximum Gasteiger partial charge on any atom is 0.405 e. The Balaban J connectivity index is 1.78. The Morgan fingerprint density at radius 3 is 3.00 bits per heavy atom. The highest BCUT2D eigenvalue weighted by atomic mass is 16.3. The number of rotatable bonds is 1. The number of nitrogens with zero attached hydrogens (tertiary/aromatic N) is 4. The maximum atomic E-state index is 7.66. The lowest BCUT2D eigenvalue weighted by Gasteiger charge is -2.35. The normalized spacial score (nSPS) is 23.0. The van der Waals surface area contributed by atoms with E-state index >= 15 is 0 Å². The van der Waals surface area contributed by atoms with E-state index in [0.29, 0.717) is 5.71 Å². The highest BCUT2D eigenvalue weighted by Crippen LogP contribution is 2.18. The summed E-state index contributed by atoms with van der Waals surface area (Å²) in [7, 11) is 1.95. The molecule has 2 aromatic heterocycles. The number of hydrogen-bond acceptors (Lipinski definition) is 5. The number of pyridine rings is 1. The SMILES string of the molecule is [2H]C([2H])([2H])N1C=CN(B2C=c3c(oc4nc(C)ccc34)=CN2C)[C@H]1C. The topological polar surface area (TPSA) is 35.8 Å². The first-order chi connectivity index (χ1) is 11.8. The molecule has 0 unspecified atom stereocenters. The van der Waals surface area contributed by atoms with Gasteiger partial charge in [0, 0.05) is 46.0 Å². The molecule has 0 saturated heterocycles. The van der Waals surface area contributed by atoms with Crippen molar-refractivity contribution in [1.29, 1.82) is 0 Å². The summed E-state index contributed by atoms with van der Waals surface area (Å²) in [5, 5.41) is 1.97. The summed E-state index contributed by atoms with van der Waals surface area (Å²) >= 11 is 0. The van der Waals surface area contributed by atoms with E-state index in [4.69, 9.17) is 8.53 Å². The lowest BCUT2D eigenvalue weighted by atomic mass is 9.70. The Morgan fingerprint density at radius 2 is 2.23 bits per heavy atom. The molecule has 2 aliphatic rings. The van der Waals surface area contributed by atoms with Crippen molar-refractivity contribution in [2.45, 2.75) is 20.0 Å². The number of aryl methyl sites for hydroxylation is 1. The van der Waals surface area contributed by atoms with Crippen LogP contribution in [0.15, 0.2) is 28.9 Å². The van der Waals surface area contributed by atoms with Crippen molar-refractivity contribution < 1.29 is 8.53 Å². The fourth-order valence-electron chi connectivity index (χ4n) is 3.05. The number of fused-ring (bicyclic) bond motifs is 3. The molecule has 0 bridgehead atoms. The van der Waals surface area contributed by atoms with E-state index in [1.165, 1.54) is 4.90 Å². The molecule has 6 heteroatoms. The standard InChI is InChI=1S/C16H19BN4O/c1-11-5-6-13-14-9-17(21-8-7-19(3)12(21)2)20(4)10-15(14)22-16(13)18-11/h5-10,12H,1-4H3/t12-/m0/s1/i3D3. The molecule has 4 heterocycles. The minimum Gasteiger partial charge on any atom is -0.436 e. The van der Waals surface area contributed by atoms with Crippen molar-refractivity contribution in [3.8, 4) is 0 Å². The molecule has 0 N–H and O–H groups in total. The summed E-state index contributed by atoms with van der Waals surface area (Å²) in [6.45, 7) is 1.57. The molecule has 2 aromatic rings. The van der Waals surface area contributed by atoms with E-state index in [2.05, 4.69) is 11.0 Å².